The van der Waals surface area contributed by atoms with E-state index in [1.807, 2.05) is 0 Å². The molecule has 0 aliphatic rings. The van der Waals surface area contributed by atoms with Crippen molar-refractivity contribution in [3.05, 3.63) is 24.6 Å². The molecule has 14 heavy (non-hydrogen) atoms. The van der Waals surface area contributed by atoms with Gasteiger partial charge >= 0.3 is 12.6 Å². The molecule has 7 heteroatoms. The highest BCUT2D eigenvalue weighted by atomic mass is 19.3. The van der Waals surface area contributed by atoms with Crippen molar-refractivity contribution in [1.29, 1.82) is 0 Å². The number of hydrogen-bond acceptors (Lipinski definition) is 3. The van der Waals surface area contributed by atoms with Gasteiger partial charge < -0.3 is 15.8 Å². The smallest absolute Gasteiger partial charge is 0.346 e. The van der Waals surface area contributed by atoms with E-state index in [4.69, 9.17) is 5.73 Å². The Labute approximate surface area is 79.6 Å². The Bertz CT molecular complexity index is 231. The largest absolute Gasteiger partial charge is 0.351 e. The van der Waals surface area contributed by atoms with Gasteiger partial charge in [-0.05, 0) is 6.08 Å². The summed E-state index contributed by atoms with van der Waals surface area (Å²) in [4.78, 5) is 10.4. The molecule has 0 aliphatic heterocycles. The molecule has 0 spiro atoms. The van der Waals surface area contributed by atoms with E-state index in [0.29, 0.717) is 0 Å². The Morgan fingerprint density at radius 3 is 2.71 bits per heavy atom. The lowest BCUT2D eigenvalue weighted by molar-refractivity contribution is -0.132. The van der Waals surface area contributed by atoms with Gasteiger partial charge in [-0.1, -0.05) is 12.7 Å². The Hall–Kier alpha value is -1.63. The maximum atomic E-state index is 11.5. The molecule has 4 N–H and O–H groups in total. The predicted molar refractivity (Wildman–Crippen MR) is 46.1 cm³/mol. The van der Waals surface area contributed by atoms with Gasteiger partial charge in [0, 0.05) is 0 Å². The van der Waals surface area contributed by atoms with Gasteiger partial charge in [0.1, 0.15) is 12.6 Å². The number of hydrogen-bond donors (Lipinski definition) is 3. The van der Waals surface area contributed by atoms with E-state index in [1.165, 1.54) is 12.2 Å². The van der Waals surface area contributed by atoms with Crippen LogP contribution in [0, 0.1) is 0 Å². The minimum absolute atomic E-state index is 0.133. The monoisotopic (exact) mass is 207 g/mol. The van der Waals surface area contributed by atoms with Crippen molar-refractivity contribution in [3.8, 4) is 0 Å². The Balaban J connectivity index is 3.92. The quantitative estimate of drug-likeness (QED) is 0.437. The lowest BCUT2D eigenvalue weighted by Crippen LogP contribution is -2.36. The van der Waals surface area contributed by atoms with Crippen molar-refractivity contribution < 1.29 is 18.3 Å². The third kappa shape index (κ3) is 7.04. The van der Waals surface area contributed by atoms with Gasteiger partial charge in [0.25, 0.3) is 0 Å². The zero-order valence-electron chi connectivity index (χ0n) is 7.30. The molecule has 80 valence electrons. The minimum Gasteiger partial charge on any atom is -0.351 e. The van der Waals surface area contributed by atoms with Crippen molar-refractivity contribution in [1.82, 2.24) is 10.6 Å². The molecule has 0 aromatic rings. The minimum atomic E-state index is -2.87. The molecule has 0 heterocycles. The van der Waals surface area contributed by atoms with Crippen LogP contribution in [-0.2, 0) is 4.74 Å². The number of ether oxygens (including phenoxy) is 1. The van der Waals surface area contributed by atoms with Crippen molar-refractivity contribution in [2.24, 2.45) is 5.73 Å². The van der Waals surface area contributed by atoms with Crippen LogP contribution in [0.1, 0.15) is 0 Å². The Morgan fingerprint density at radius 2 is 2.29 bits per heavy atom. The lowest BCUT2D eigenvalue weighted by atomic mass is 10.5. The predicted octanol–water partition coefficient (Wildman–Crippen LogP) is 0.468. The van der Waals surface area contributed by atoms with E-state index in [0.717, 1.165) is 0 Å². The molecular formula is C7H11F2N3O2. The van der Waals surface area contributed by atoms with Crippen molar-refractivity contribution in [2.45, 2.75) is 6.61 Å². The first-order valence-electron chi connectivity index (χ1n) is 3.59. The molecule has 0 radical (unpaired) electrons. The molecule has 0 bridgehead atoms. The summed E-state index contributed by atoms with van der Waals surface area (Å²) in [5.74, 6) is 0.133. The SMILES string of the molecule is C=C/C=C(\NCOC(F)F)NC(N)=O. The van der Waals surface area contributed by atoms with Crippen LogP contribution >= 0.6 is 0 Å². The first-order chi connectivity index (χ1) is 6.56. The second-order valence-electron chi connectivity index (χ2n) is 2.05. The number of carbonyl (C=O) groups excluding carboxylic acids is 1. The third-order valence-electron chi connectivity index (χ3n) is 1.01. The molecule has 0 unspecified atom stereocenters. The molecular weight excluding hydrogens is 196 g/mol. The summed E-state index contributed by atoms with van der Waals surface area (Å²) in [7, 11) is 0. The molecule has 0 aliphatic carbocycles. The first kappa shape index (κ1) is 12.4. The lowest BCUT2D eigenvalue weighted by Gasteiger charge is -2.10. The van der Waals surface area contributed by atoms with Gasteiger partial charge in [0.05, 0.1) is 0 Å². The maximum Gasteiger partial charge on any atom is 0.346 e. The van der Waals surface area contributed by atoms with Gasteiger partial charge in [-0.3, -0.25) is 5.32 Å². The number of amides is 2. The Kier molecular flexibility index (Phi) is 6.04. The van der Waals surface area contributed by atoms with E-state index >= 15 is 0 Å². The first-order valence-corrected chi connectivity index (χ1v) is 3.59. The summed E-state index contributed by atoms with van der Waals surface area (Å²) >= 11 is 0. The number of primary amides is 1. The summed E-state index contributed by atoms with van der Waals surface area (Å²) in [6.45, 7) is 0.0327. The number of nitrogens with one attached hydrogen (secondary N) is 2. The number of rotatable bonds is 6. The fourth-order valence-corrected chi connectivity index (χ4v) is 0.578. The van der Waals surface area contributed by atoms with Gasteiger partial charge in [-0.2, -0.15) is 8.78 Å². The molecule has 0 fully saturated rings. The molecule has 5 nitrogen and oxygen atoms in total. The summed E-state index contributed by atoms with van der Waals surface area (Å²) in [5, 5.41) is 4.51. The third-order valence-corrected chi connectivity index (χ3v) is 1.01. The van der Waals surface area contributed by atoms with Crippen LogP contribution in [0.4, 0.5) is 13.6 Å². The van der Waals surface area contributed by atoms with Crippen LogP contribution in [0.2, 0.25) is 0 Å². The van der Waals surface area contributed by atoms with Gasteiger partial charge in [0.2, 0.25) is 0 Å². The number of halogens is 2. The fraction of sp³-hybridized carbons (Fsp3) is 0.286. The van der Waals surface area contributed by atoms with Gasteiger partial charge in [-0.15, -0.1) is 0 Å². The molecule has 2 amide bonds. The summed E-state index contributed by atoms with van der Waals surface area (Å²) in [6, 6.07) is -0.817. The summed E-state index contributed by atoms with van der Waals surface area (Å²) < 4.78 is 26.9. The van der Waals surface area contributed by atoms with Crippen LogP contribution in [0.25, 0.3) is 0 Å². The van der Waals surface area contributed by atoms with E-state index in [2.05, 4.69) is 21.9 Å². The number of urea groups is 1. The van der Waals surface area contributed by atoms with E-state index in [-0.39, 0.29) is 5.82 Å². The normalized spacial score (nSPS) is 11.2. The van der Waals surface area contributed by atoms with Crippen molar-refractivity contribution in [3.63, 3.8) is 0 Å². The average Bonchev–Trinajstić information content (AvgIpc) is 2.02. The van der Waals surface area contributed by atoms with Gasteiger partial charge in [0.15, 0.2) is 0 Å². The maximum absolute atomic E-state index is 11.5. The van der Waals surface area contributed by atoms with Crippen LogP contribution in [0.15, 0.2) is 24.6 Å². The standard InChI is InChI=1S/C7H11F2N3O2/c1-2-3-5(12-7(10)13)11-4-14-6(8)9/h2-3,6,11H,1,4H2,(H3,10,12,13)/b5-3+. The van der Waals surface area contributed by atoms with E-state index < -0.39 is 19.4 Å². The zero-order chi connectivity index (χ0) is 11.0. The number of allylic oxidation sites excluding steroid dienone is 2. The molecule has 0 saturated carbocycles. The van der Waals surface area contributed by atoms with E-state index in [9.17, 15) is 13.6 Å². The molecule has 0 atom stereocenters. The van der Waals surface area contributed by atoms with Crippen LogP contribution in [-0.4, -0.2) is 19.4 Å². The second-order valence-corrected chi connectivity index (χ2v) is 2.05. The second kappa shape index (κ2) is 6.84. The molecule has 0 aromatic carbocycles. The van der Waals surface area contributed by atoms with Crippen LogP contribution in [0.3, 0.4) is 0 Å². The van der Waals surface area contributed by atoms with Crippen LogP contribution in [0.5, 0.6) is 0 Å². The average molecular weight is 207 g/mol. The molecule has 0 aromatic heterocycles. The number of carbonyl (C=O) groups is 1. The highest BCUT2D eigenvalue weighted by Crippen LogP contribution is 1.93. The number of nitrogens with two attached hydrogens (primary N) is 1. The van der Waals surface area contributed by atoms with Crippen LogP contribution < -0.4 is 16.4 Å². The van der Waals surface area contributed by atoms with Crippen molar-refractivity contribution in [2.75, 3.05) is 6.73 Å². The summed E-state index contributed by atoms with van der Waals surface area (Å²) in [5.41, 5.74) is 4.80. The Morgan fingerprint density at radius 1 is 1.64 bits per heavy atom. The molecule has 0 rings (SSSR count). The zero-order valence-corrected chi connectivity index (χ0v) is 7.30. The topological polar surface area (TPSA) is 76.4 Å². The molecule has 0 saturated heterocycles. The van der Waals surface area contributed by atoms with E-state index in [1.54, 1.807) is 0 Å². The van der Waals surface area contributed by atoms with Gasteiger partial charge in [-0.25, -0.2) is 4.79 Å². The summed E-state index contributed by atoms with van der Waals surface area (Å²) in [6.07, 6.45) is 2.69. The van der Waals surface area contributed by atoms with Crippen molar-refractivity contribution >= 4 is 6.03 Å². The number of alkyl halides is 2. The fourth-order valence-electron chi connectivity index (χ4n) is 0.578. The highest BCUT2D eigenvalue weighted by Gasteiger charge is 2.02. The highest BCUT2D eigenvalue weighted by molar-refractivity contribution is 5.73.